The number of hydrogen-bond donors (Lipinski definition) is 1. The molecule has 0 fully saturated rings. The van der Waals surface area contributed by atoms with Crippen LogP contribution in [0.1, 0.15) is 25.3 Å². The van der Waals surface area contributed by atoms with Crippen LogP contribution >= 0.6 is 23.2 Å². The number of rotatable bonds is 7. The quantitative estimate of drug-likeness (QED) is 0.496. The van der Waals surface area contributed by atoms with E-state index in [0.29, 0.717) is 15.7 Å². The molecule has 0 heterocycles. The summed E-state index contributed by atoms with van der Waals surface area (Å²) in [4.78, 5) is 11.9. The number of ether oxygens (including phenoxy) is 1. The van der Waals surface area contributed by atoms with Crippen molar-refractivity contribution in [1.29, 1.82) is 0 Å². The first kappa shape index (κ1) is 18.4. The van der Waals surface area contributed by atoms with Gasteiger partial charge in [-0.15, -0.1) is 0 Å². The second-order valence-electron chi connectivity index (χ2n) is 5.25. The molecule has 0 aliphatic carbocycles. The lowest BCUT2D eigenvalue weighted by molar-refractivity contribution is -0.111. The molecule has 0 saturated carbocycles. The molecule has 2 aromatic carbocycles. The summed E-state index contributed by atoms with van der Waals surface area (Å²) in [6.45, 7) is 2.84. The number of nitrogens with one attached hydrogen (secondary N) is 1. The van der Waals surface area contributed by atoms with E-state index in [1.807, 2.05) is 24.3 Å². The minimum Gasteiger partial charge on any atom is -0.494 e. The Hall–Kier alpha value is -1.97. The molecule has 3 nitrogen and oxygen atoms in total. The monoisotopic (exact) mass is 363 g/mol. The molecular formula is C19H19Cl2NO2. The topological polar surface area (TPSA) is 38.3 Å². The Morgan fingerprint density at radius 2 is 1.79 bits per heavy atom. The van der Waals surface area contributed by atoms with Crippen molar-refractivity contribution in [2.75, 3.05) is 11.9 Å². The Balaban J connectivity index is 1.91. The van der Waals surface area contributed by atoms with E-state index in [2.05, 4.69) is 12.2 Å². The fraction of sp³-hybridized carbons (Fsp3) is 0.211. The lowest BCUT2D eigenvalue weighted by Gasteiger charge is -2.05. The third-order valence-electron chi connectivity index (χ3n) is 3.20. The minimum absolute atomic E-state index is 0.253. The molecule has 2 aromatic rings. The number of benzene rings is 2. The molecule has 0 aliphatic heterocycles. The van der Waals surface area contributed by atoms with Crippen molar-refractivity contribution < 1.29 is 9.53 Å². The molecule has 0 aliphatic rings. The van der Waals surface area contributed by atoms with Crippen molar-refractivity contribution in [2.45, 2.75) is 19.8 Å². The molecular weight excluding hydrogens is 345 g/mol. The van der Waals surface area contributed by atoms with Gasteiger partial charge < -0.3 is 10.1 Å². The average molecular weight is 364 g/mol. The highest BCUT2D eigenvalue weighted by Gasteiger charge is 2.01. The van der Waals surface area contributed by atoms with Crippen LogP contribution in [0.25, 0.3) is 6.08 Å². The molecule has 0 saturated heterocycles. The highest BCUT2D eigenvalue weighted by molar-refractivity contribution is 6.35. The maximum Gasteiger partial charge on any atom is 0.248 e. The van der Waals surface area contributed by atoms with Crippen molar-refractivity contribution >= 4 is 40.9 Å². The van der Waals surface area contributed by atoms with Gasteiger partial charge in [-0.2, -0.15) is 0 Å². The SMILES string of the molecule is CCCCOc1ccc(/C=C/C(=O)Nc2cc(Cl)cc(Cl)c2)cc1. The fourth-order valence-electron chi connectivity index (χ4n) is 1.99. The summed E-state index contributed by atoms with van der Waals surface area (Å²) >= 11 is 11.8. The third-order valence-corrected chi connectivity index (χ3v) is 3.64. The second-order valence-corrected chi connectivity index (χ2v) is 6.12. The molecule has 5 heteroatoms. The maximum atomic E-state index is 11.9. The molecule has 0 radical (unpaired) electrons. The van der Waals surface area contributed by atoms with Gasteiger partial charge in [0.2, 0.25) is 5.91 Å². The molecule has 126 valence electrons. The third kappa shape index (κ3) is 6.26. The number of hydrogen-bond acceptors (Lipinski definition) is 2. The Kier molecular flexibility index (Phi) is 7.16. The van der Waals surface area contributed by atoms with Crippen LogP contribution in [-0.4, -0.2) is 12.5 Å². The van der Waals surface area contributed by atoms with Crippen molar-refractivity contribution in [3.63, 3.8) is 0 Å². The Morgan fingerprint density at radius 3 is 2.42 bits per heavy atom. The van der Waals surface area contributed by atoms with Crippen LogP contribution in [0.4, 0.5) is 5.69 Å². The van der Waals surface area contributed by atoms with Crippen molar-refractivity contribution in [2.24, 2.45) is 0 Å². The molecule has 0 spiro atoms. The first-order valence-corrected chi connectivity index (χ1v) is 8.50. The first-order valence-electron chi connectivity index (χ1n) is 7.75. The van der Waals surface area contributed by atoms with E-state index >= 15 is 0 Å². The van der Waals surface area contributed by atoms with E-state index in [1.165, 1.54) is 6.08 Å². The summed E-state index contributed by atoms with van der Waals surface area (Å²) in [6.07, 6.45) is 5.34. The molecule has 1 N–H and O–H groups in total. The maximum absolute atomic E-state index is 11.9. The van der Waals surface area contributed by atoms with Gasteiger partial charge in [0.25, 0.3) is 0 Å². The predicted octanol–water partition coefficient (Wildman–Crippen LogP) is 5.82. The lowest BCUT2D eigenvalue weighted by Crippen LogP contribution is -2.07. The van der Waals surface area contributed by atoms with Crippen molar-refractivity contribution in [1.82, 2.24) is 0 Å². The van der Waals surface area contributed by atoms with Crippen LogP contribution < -0.4 is 10.1 Å². The highest BCUT2D eigenvalue weighted by atomic mass is 35.5. The van der Waals surface area contributed by atoms with E-state index in [4.69, 9.17) is 27.9 Å². The van der Waals surface area contributed by atoms with Crippen LogP contribution in [0.15, 0.2) is 48.5 Å². The lowest BCUT2D eigenvalue weighted by atomic mass is 10.2. The van der Waals surface area contributed by atoms with Crippen LogP contribution in [-0.2, 0) is 4.79 Å². The standard InChI is InChI=1S/C19H19Cl2NO2/c1-2-3-10-24-18-7-4-14(5-8-18)6-9-19(23)22-17-12-15(20)11-16(21)13-17/h4-9,11-13H,2-3,10H2,1H3,(H,22,23)/b9-6+. The smallest absolute Gasteiger partial charge is 0.248 e. The van der Waals surface area contributed by atoms with Gasteiger partial charge >= 0.3 is 0 Å². The van der Waals surface area contributed by atoms with E-state index < -0.39 is 0 Å². The van der Waals surface area contributed by atoms with Gasteiger partial charge in [0.15, 0.2) is 0 Å². The summed E-state index contributed by atoms with van der Waals surface area (Å²) in [6, 6.07) is 12.5. The molecule has 0 aromatic heterocycles. The number of amides is 1. The molecule has 1 amide bonds. The number of carbonyl (C=O) groups excluding carboxylic acids is 1. The molecule has 0 atom stereocenters. The predicted molar refractivity (Wildman–Crippen MR) is 101 cm³/mol. The van der Waals surface area contributed by atoms with Crippen LogP contribution in [0, 0.1) is 0 Å². The zero-order valence-electron chi connectivity index (χ0n) is 13.4. The summed E-state index contributed by atoms with van der Waals surface area (Å²) in [5.74, 6) is 0.579. The van der Waals surface area contributed by atoms with E-state index in [-0.39, 0.29) is 5.91 Å². The van der Waals surface area contributed by atoms with Crippen LogP contribution in [0.5, 0.6) is 5.75 Å². The van der Waals surface area contributed by atoms with Gasteiger partial charge in [0.05, 0.1) is 6.61 Å². The summed E-state index contributed by atoms with van der Waals surface area (Å²) in [7, 11) is 0. The summed E-state index contributed by atoms with van der Waals surface area (Å²) in [5, 5.41) is 3.67. The van der Waals surface area contributed by atoms with Gasteiger partial charge in [-0.3, -0.25) is 4.79 Å². The highest BCUT2D eigenvalue weighted by Crippen LogP contribution is 2.22. The molecule has 24 heavy (non-hydrogen) atoms. The van der Waals surface area contributed by atoms with E-state index in [1.54, 1.807) is 24.3 Å². The molecule has 0 unspecified atom stereocenters. The number of carbonyl (C=O) groups is 1. The number of unbranched alkanes of at least 4 members (excludes halogenated alkanes) is 1. The van der Waals surface area contributed by atoms with Gasteiger partial charge in [0, 0.05) is 21.8 Å². The zero-order chi connectivity index (χ0) is 17.4. The second kappa shape index (κ2) is 9.36. The summed E-state index contributed by atoms with van der Waals surface area (Å²) < 4.78 is 5.60. The van der Waals surface area contributed by atoms with Crippen LogP contribution in [0.2, 0.25) is 10.0 Å². The fourth-order valence-corrected chi connectivity index (χ4v) is 2.52. The Labute approximate surface area is 152 Å². The largest absolute Gasteiger partial charge is 0.494 e. The normalized spacial score (nSPS) is 10.8. The minimum atomic E-state index is -0.253. The van der Waals surface area contributed by atoms with Gasteiger partial charge in [0.1, 0.15) is 5.75 Å². The molecule has 0 bridgehead atoms. The molecule has 2 rings (SSSR count). The Morgan fingerprint density at radius 1 is 1.12 bits per heavy atom. The average Bonchev–Trinajstić information content (AvgIpc) is 2.53. The van der Waals surface area contributed by atoms with Gasteiger partial charge in [-0.25, -0.2) is 0 Å². The Bertz CT molecular complexity index is 692. The van der Waals surface area contributed by atoms with Crippen molar-refractivity contribution in [3.8, 4) is 5.75 Å². The van der Waals surface area contributed by atoms with Gasteiger partial charge in [-0.05, 0) is 48.4 Å². The summed E-state index contributed by atoms with van der Waals surface area (Å²) in [5.41, 5.74) is 1.47. The van der Waals surface area contributed by atoms with Crippen LogP contribution in [0.3, 0.4) is 0 Å². The van der Waals surface area contributed by atoms with Gasteiger partial charge in [-0.1, -0.05) is 48.7 Å². The van der Waals surface area contributed by atoms with E-state index in [9.17, 15) is 4.79 Å². The first-order chi connectivity index (χ1) is 11.6. The van der Waals surface area contributed by atoms with E-state index in [0.717, 1.165) is 30.8 Å². The zero-order valence-corrected chi connectivity index (χ0v) is 14.9. The number of anilines is 1. The number of halogens is 2. The van der Waals surface area contributed by atoms with Crippen molar-refractivity contribution in [3.05, 3.63) is 64.1 Å².